The van der Waals surface area contributed by atoms with Gasteiger partial charge in [0.1, 0.15) is 0 Å². The number of hydrogen-bond acceptors (Lipinski definition) is 4. The minimum absolute atomic E-state index is 0.138. The van der Waals surface area contributed by atoms with Crippen molar-refractivity contribution in [1.29, 1.82) is 0 Å². The summed E-state index contributed by atoms with van der Waals surface area (Å²) in [6.45, 7) is 4.15. The van der Waals surface area contributed by atoms with E-state index in [2.05, 4.69) is 44.5 Å². The van der Waals surface area contributed by atoms with Crippen molar-refractivity contribution in [3.63, 3.8) is 0 Å². The number of aromatic nitrogens is 1. The first-order chi connectivity index (χ1) is 10.6. The Morgan fingerprint density at radius 2 is 2.41 bits per heavy atom. The van der Waals surface area contributed by atoms with Crippen molar-refractivity contribution in [2.24, 2.45) is 5.92 Å². The van der Waals surface area contributed by atoms with E-state index in [0.717, 1.165) is 34.5 Å². The van der Waals surface area contributed by atoms with Crippen LogP contribution in [0.25, 0.3) is 10.2 Å². The van der Waals surface area contributed by atoms with Gasteiger partial charge in [-0.2, -0.15) is 0 Å². The summed E-state index contributed by atoms with van der Waals surface area (Å²) in [5.41, 5.74) is 1.00. The number of nitrogens with zero attached hydrogens (tertiary/aromatic N) is 1. The van der Waals surface area contributed by atoms with Gasteiger partial charge in [-0.1, -0.05) is 22.9 Å². The van der Waals surface area contributed by atoms with E-state index in [4.69, 9.17) is 0 Å². The lowest BCUT2D eigenvalue weighted by molar-refractivity contribution is -0.122. The molecule has 4 nitrogen and oxygen atoms in total. The Bertz CT molecular complexity index is 672. The summed E-state index contributed by atoms with van der Waals surface area (Å²) in [6.07, 6.45) is 2.24. The van der Waals surface area contributed by atoms with Crippen LogP contribution in [0.2, 0.25) is 0 Å². The molecule has 1 amide bonds. The third-order valence-corrected chi connectivity index (χ3v) is 5.68. The molecule has 2 aromatic rings. The normalized spacial score (nSPS) is 21.9. The average molecular weight is 382 g/mol. The van der Waals surface area contributed by atoms with Crippen LogP contribution in [0.15, 0.2) is 22.7 Å². The molecule has 0 radical (unpaired) electrons. The zero-order chi connectivity index (χ0) is 15.5. The standard InChI is InChI=1S/C16H20BrN3OS/c1-10-9-18-7-6-12(10)19-15(21)4-5-16-20-13-8-11(17)2-3-14(13)22-16/h2-3,8,10,12,18H,4-7,9H2,1H3,(H,19,21). The quantitative estimate of drug-likeness (QED) is 0.855. The lowest BCUT2D eigenvalue weighted by Gasteiger charge is -2.30. The number of aryl methyl sites for hydroxylation is 1. The topological polar surface area (TPSA) is 54.0 Å². The van der Waals surface area contributed by atoms with E-state index < -0.39 is 0 Å². The molecule has 1 aliphatic rings. The maximum absolute atomic E-state index is 12.1. The number of halogens is 1. The molecule has 22 heavy (non-hydrogen) atoms. The lowest BCUT2D eigenvalue weighted by atomic mass is 9.95. The predicted octanol–water partition coefficient (Wildman–Crippen LogP) is 3.11. The van der Waals surface area contributed by atoms with Crippen LogP contribution in [0.3, 0.4) is 0 Å². The molecule has 0 bridgehead atoms. The first-order valence-corrected chi connectivity index (χ1v) is 9.28. The van der Waals surface area contributed by atoms with Crippen LogP contribution >= 0.6 is 27.3 Å². The molecule has 0 spiro atoms. The molecule has 1 aliphatic heterocycles. The van der Waals surface area contributed by atoms with Crippen LogP contribution in [0, 0.1) is 5.92 Å². The second-order valence-corrected chi connectivity index (χ2v) is 7.89. The molecule has 2 N–H and O–H groups in total. The Hall–Kier alpha value is -0.980. The summed E-state index contributed by atoms with van der Waals surface area (Å²) in [5, 5.41) is 7.55. The van der Waals surface area contributed by atoms with E-state index in [0.29, 0.717) is 24.8 Å². The molecule has 2 heterocycles. The van der Waals surface area contributed by atoms with Crippen molar-refractivity contribution in [2.45, 2.75) is 32.2 Å². The summed E-state index contributed by atoms with van der Waals surface area (Å²) in [7, 11) is 0. The number of benzene rings is 1. The molecule has 2 unspecified atom stereocenters. The SMILES string of the molecule is CC1CNCCC1NC(=O)CCc1nc2cc(Br)ccc2s1. The van der Waals surface area contributed by atoms with Crippen molar-refractivity contribution >= 4 is 43.4 Å². The average Bonchev–Trinajstić information content (AvgIpc) is 2.89. The van der Waals surface area contributed by atoms with Gasteiger partial charge in [-0.3, -0.25) is 4.79 Å². The Morgan fingerprint density at radius 1 is 1.55 bits per heavy atom. The van der Waals surface area contributed by atoms with Gasteiger partial charge >= 0.3 is 0 Å². The number of amides is 1. The highest BCUT2D eigenvalue weighted by molar-refractivity contribution is 9.10. The number of carbonyl (C=O) groups excluding carboxylic acids is 1. The van der Waals surface area contributed by atoms with Crippen LogP contribution < -0.4 is 10.6 Å². The second-order valence-electron chi connectivity index (χ2n) is 5.86. The molecule has 1 aromatic carbocycles. The fourth-order valence-electron chi connectivity index (χ4n) is 2.78. The lowest BCUT2D eigenvalue weighted by Crippen LogP contribution is -2.48. The minimum atomic E-state index is 0.138. The van der Waals surface area contributed by atoms with E-state index in [1.165, 1.54) is 4.70 Å². The zero-order valence-corrected chi connectivity index (χ0v) is 15.0. The fourth-order valence-corrected chi connectivity index (χ4v) is 4.08. The molecule has 3 rings (SSSR count). The summed E-state index contributed by atoms with van der Waals surface area (Å²) < 4.78 is 2.21. The minimum Gasteiger partial charge on any atom is -0.353 e. The van der Waals surface area contributed by atoms with Crippen LogP contribution in [-0.2, 0) is 11.2 Å². The predicted molar refractivity (Wildman–Crippen MR) is 94.2 cm³/mol. The molecule has 0 aliphatic carbocycles. The van der Waals surface area contributed by atoms with E-state index in [1.807, 2.05) is 12.1 Å². The van der Waals surface area contributed by atoms with Gasteiger partial charge in [0, 0.05) is 23.4 Å². The van der Waals surface area contributed by atoms with Gasteiger partial charge in [-0.15, -0.1) is 11.3 Å². The van der Waals surface area contributed by atoms with Crippen LogP contribution in [0.1, 0.15) is 24.8 Å². The maximum atomic E-state index is 12.1. The van der Waals surface area contributed by atoms with Gasteiger partial charge in [0.25, 0.3) is 0 Å². The Balaban J connectivity index is 1.55. The van der Waals surface area contributed by atoms with E-state index in [9.17, 15) is 4.79 Å². The van der Waals surface area contributed by atoms with Gasteiger partial charge in [-0.25, -0.2) is 4.98 Å². The summed E-state index contributed by atoms with van der Waals surface area (Å²) in [5.74, 6) is 0.636. The molecular formula is C16H20BrN3OS. The third-order valence-electron chi connectivity index (χ3n) is 4.09. The molecule has 0 saturated carbocycles. The number of carbonyl (C=O) groups is 1. The van der Waals surface area contributed by atoms with Gasteiger partial charge in [-0.05, 0) is 43.6 Å². The number of fused-ring (bicyclic) bond motifs is 1. The van der Waals surface area contributed by atoms with Crippen molar-refractivity contribution in [3.05, 3.63) is 27.7 Å². The Labute approximate surface area is 142 Å². The Morgan fingerprint density at radius 3 is 3.23 bits per heavy atom. The summed E-state index contributed by atoms with van der Waals surface area (Å²) in [4.78, 5) is 16.7. The highest BCUT2D eigenvalue weighted by Gasteiger charge is 2.22. The highest BCUT2D eigenvalue weighted by atomic mass is 79.9. The van der Waals surface area contributed by atoms with E-state index >= 15 is 0 Å². The van der Waals surface area contributed by atoms with Crippen molar-refractivity contribution in [3.8, 4) is 0 Å². The van der Waals surface area contributed by atoms with Gasteiger partial charge in [0.05, 0.1) is 15.2 Å². The van der Waals surface area contributed by atoms with E-state index in [1.54, 1.807) is 11.3 Å². The Kier molecular flexibility index (Phi) is 5.10. The summed E-state index contributed by atoms with van der Waals surface area (Å²) >= 11 is 5.13. The third kappa shape index (κ3) is 3.86. The number of rotatable bonds is 4. The first kappa shape index (κ1) is 15.9. The molecule has 2 atom stereocenters. The van der Waals surface area contributed by atoms with Crippen LogP contribution in [0.5, 0.6) is 0 Å². The zero-order valence-electron chi connectivity index (χ0n) is 12.6. The van der Waals surface area contributed by atoms with Crippen molar-refractivity contribution in [1.82, 2.24) is 15.6 Å². The molecular weight excluding hydrogens is 362 g/mol. The maximum Gasteiger partial charge on any atom is 0.220 e. The van der Waals surface area contributed by atoms with E-state index in [-0.39, 0.29) is 5.91 Å². The fraction of sp³-hybridized carbons (Fsp3) is 0.500. The van der Waals surface area contributed by atoms with Crippen LogP contribution in [0.4, 0.5) is 0 Å². The smallest absolute Gasteiger partial charge is 0.220 e. The van der Waals surface area contributed by atoms with Crippen molar-refractivity contribution in [2.75, 3.05) is 13.1 Å². The monoisotopic (exact) mass is 381 g/mol. The van der Waals surface area contributed by atoms with Gasteiger partial charge < -0.3 is 10.6 Å². The second kappa shape index (κ2) is 7.06. The molecule has 1 fully saturated rings. The summed E-state index contributed by atoms with van der Waals surface area (Å²) in [6, 6.07) is 6.42. The number of nitrogens with one attached hydrogen (secondary N) is 2. The first-order valence-electron chi connectivity index (χ1n) is 7.67. The number of hydrogen-bond donors (Lipinski definition) is 2. The van der Waals surface area contributed by atoms with Crippen LogP contribution in [-0.4, -0.2) is 30.0 Å². The number of thiazole rings is 1. The number of piperidine rings is 1. The largest absolute Gasteiger partial charge is 0.353 e. The van der Waals surface area contributed by atoms with Gasteiger partial charge in [0.15, 0.2) is 0 Å². The highest BCUT2D eigenvalue weighted by Crippen LogP contribution is 2.25. The molecule has 1 saturated heterocycles. The van der Waals surface area contributed by atoms with Crippen molar-refractivity contribution < 1.29 is 4.79 Å². The molecule has 118 valence electrons. The molecule has 1 aromatic heterocycles. The molecule has 6 heteroatoms. The van der Waals surface area contributed by atoms with Gasteiger partial charge in [0.2, 0.25) is 5.91 Å².